The van der Waals surface area contributed by atoms with Gasteiger partial charge in [0.25, 0.3) is 0 Å². The summed E-state index contributed by atoms with van der Waals surface area (Å²) in [5.41, 5.74) is 0. The van der Waals surface area contributed by atoms with Crippen LogP contribution in [0.3, 0.4) is 0 Å². The summed E-state index contributed by atoms with van der Waals surface area (Å²) in [6.07, 6.45) is 4.16. The number of hydrogen-bond acceptors (Lipinski definition) is 5. The molecule has 6 heteroatoms. The van der Waals surface area contributed by atoms with Gasteiger partial charge in [-0.15, -0.1) is 0 Å². The van der Waals surface area contributed by atoms with E-state index in [1.165, 1.54) is 18.6 Å². The lowest BCUT2D eigenvalue weighted by molar-refractivity contribution is 0.394. The number of halogens is 1. The second kappa shape index (κ2) is 5.72. The monoisotopic (exact) mass is 303 g/mol. The summed E-state index contributed by atoms with van der Waals surface area (Å²) in [7, 11) is 1.60. The van der Waals surface area contributed by atoms with Crippen molar-refractivity contribution in [3.8, 4) is 5.88 Å². The highest BCUT2D eigenvalue weighted by Crippen LogP contribution is 2.24. The van der Waals surface area contributed by atoms with E-state index in [0.29, 0.717) is 17.9 Å². The van der Waals surface area contributed by atoms with Crippen molar-refractivity contribution in [1.82, 2.24) is 9.97 Å². The third-order valence-corrected chi connectivity index (χ3v) is 4.16. The first-order valence-electron chi connectivity index (χ1n) is 5.20. The van der Waals surface area contributed by atoms with Crippen molar-refractivity contribution in [2.24, 2.45) is 0 Å². The summed E-state index contributed by atoms with van der Waals surface area (Å²) < 4.78 is 5.91. The Balaban J connectivity index is 2.03. The van der Waals surface area contributed by atoms with Crippen molar-refractivity contribution in [2.75, 3.05) is 23.9 Å². The zero-order valence-corrected chi connectivity index (χ0v) is 11.5. The molecular formula is C10H14BrN3OS. The summed E-state index contributed by atoms with van der Waals surface area (Å²) in [6, 6.07) is 0.477. The molecule has 1 saturated heterocycles. The number of ether oxygens (including phenoxy) is 1. The molecule has 0 aliphatic carbocycles. The van der Waals surface area contributed by atoms with Crippen LogP contribution in [0.5, 0.6) is 5.88 Å². The predicted molar refractivity (Wildman–Crippen MR) is 70.3 cm³/mol. The van der Waals surface area contributed by atoms with Gasteiger partial charge in [-0.25, -0.2) is 4.98 Å². The maximum Gasteiger partial charge on any atom is 0.232 e. The number of anilines is 1. The lowest BCUT2D eigenvalue weighted by atomic mass is 10.2. The largest absolute Gasteiger partial charge is 0.480 e. The Morgan fingerprint density at radius 2 is 2.50 bits per heavy atom. The Bertz CT molecular complexity index is 358. The highest BCUT2D eigenvalue weighted by Gasteiger charge is 2.15. The highest BCUT2D eigenvalue weighted by atomic mass is 79.9. The van der Waals surface area contributed by atoms with E-state index in [9.17, 15) is 0 Å². The van der Waals surface area contributed by atoms with Gasteiger partial charge in [-0.05, 0) is 34.5 Å². The van der Waals surface area contributed by atoms with Crippen molar-refractivity contribution >= 4 is 33.6 Å². The second-order valence-electron chi connectivity index (χ2n) is 3.61. The smallest absolute Gasteiger partial charge is 0.232 e. The number of methoxy groups -OCH3 is 1. The Morgan fingerprint density at radius 1 is 1.62 bits per heavy atom. The quantitative estimate of drug-likeness (QED) is 0.930. The van der Waals surface area contributed by atoms with Crippen LogP contribution in [0.4, 0.5) is 5.95 Å². The SMILES string of the molecule is COc1nc(NC2CCCSC2)ncc1Br. The Hall–Kier alpha value is -0.490. The normalized spacial score (nSPS) is 20.5. The van der Waals surface area contributed by atoms with Gasteiger partial charge in [-0.1, -0.05) is 0 Å². The average Bonchev–Trinajstić information content (AvgIpc) is 2.33. The van der Waals surface area contributed by atoms with Gasteiger partial charge in [-0.2, -0.15) is 16.7 Å². The number of thioether (sulfide) groups is 1. The van der Waals surface area contributed by atoms with Gasteiger partial charge in [-0.3, -0.25) is 0 Å². The van der Waals surface area contributed by atoms with Crippen LogP contribution in [0, 0.1) is 0 Å². The molecule has 2 heterocycles. The van der Waals surface area contributed by atoms with E-state index in [4.69, 9.17) is 4.74 Å². The van der Waals surface area contributed by atoms with Gasteiger partial charge in [0.05, 0.1) is 17.8 Å². The van der Waals surface area contributed by atoms with Crippen molar-refractivity contribution in [2.45, 2.75) is 18.9 Å². The molecule has 0 aromatic carbocycles. The maximum absolute atomic E-state index is 5.13. The molecule has 0 bridgehead atoms. The standard InChI is InChI=1S/C10H14BrN3OS/c1-15-9-8(11)5-12-10(14-9)13-7-3-2-4-16-6-7/h5,7H,2-4,6H2,1H3,(H,12,13,14). The topological polar surface area (TPSA) is 47.0 Å². The molecule has 0 spiro atoms. The molecule has 88 valence electrons. The van der Waals surface area contributed by atoms with E-state index in [1.807, 2.05) is 11.8 Å². The molecular weight excluding hydrogens is 290 g/mol. The molecule has 0 amide bonds. The van der Waals surface area contributed by atoms with Gasteiger partial charge in [0.2, 0.25) is 11.8 Å². The van der Waals surface area contributed by atoms with Crippen LogP contribution in [0.15, 0.2) is 10.7 Å². The third kappa shape index (κ3) is 3.01. The fourth-order valence-electron chi connectivity index (χ4n) is 1.60. The van der Waals surface area contributed by atoms with Gasteiger partial charge < -0.3 is 10.1 Å². The minimum Gasteiger partial charge on any atom is -0.480 e. The molecule has 1 N–H and O–H groups in total. The lowest BCUT2D eigenvalue weighted by Crippen LogP contribution is -2.26. The van der Waals surface area contributed by atoms with Crippen LogP contribution in [0.1, 0.15) is 12.8 Å². The molecule has 1 unspecified atom stereocenters. The molecule has 1 fully saturated rings. The van der Waals surface area contributed by atoms with Crippen LogP contribution in [-0.4, -0.2) is 34.6 Å². The van der Waals surface area contributed by atoms with E-state index in [2.05, 4.69) is 31.2 Å². The van der Waals surface area contributed by atoms with Crippen LogP contribution in [0.2, 0.25) is 0 Å². The van der Waals surface area contributed by atoms with Crippen molar-refractivity contribution in [3.05, 3.63) is 10.7 Å². The zero-order valence-electron chi connectivity index (χ0n) is 9.07. The first-order valence-corrected chi connectivity index (χ1v) is 7.15. The van der Waals surface area contributed by atoms with E-state index in [1.54, 1.807) is 13.3 Å². The molecule has 16 heavy (non-hydrogen) atoms. The van der Waals surface area contributed by atoms with E-state index >= 15 is 0 Å². The van der Waals surface area contributed by atoms with Gasteiger partial charge in [0.15, 0.2) is 0 Å². The molecule has 1 aromatic heterocycles. The Morgan fingerprint density at radius 3 is 3.19 bits per heavy atom. The number of hydrogen-bond donors (Lipinski definition) is 1. The summed E-state index contributed by atoms with van der Waals surface area (Å²) >= 11 is 5.31. The van der Waals surface area contributed by atoms with Gasteiger partial charge in [0.1, 0.15) is 0 Å². The molecule has 1 aliphatic rings. The number of nitrogens with zero attached hydrogens (tertiary/aromatic N) is 2. The minimum atomic E-state index is 0.477. The lowest BCUT2D eigenvalue weighted by Gasteiger charge is -2.22. The van der Waals surface area contributed by atoms with Crippen LogP contribution in [-0.2, 0) is 0 Å². The summed E-state index contributed by atoms with van der Waals surface area (Å²) in [4.78, 5) is 8.51. The second-order valence-corrected chi connectivity index (χ2v) is 5.61. The molecule has 0 radical (unpaired) electrons. The Labute approximate surface area is 108 Å². The first kappa shape index (κ1) is 12.0. The summed E-state index contributed by atoms with van der Waals surface area (Å²) in [5.74, 6) is 3.61. The molecule has 1 atom stereocenters. The van der Waals surface area contributed by atoms with Crippen LogP contribution < -0.4 is 10.1 Å². The molecule has 0 saturated carbocycles. The molecule has 2 rings (SSSR count). The summed E-state index contributed by atoms with van der Waals surface area (Å²) in [5, 5.41) is 3.34. The highest BCUT2D eigenvalue weighted by molar-refractivity contribution is 9.10. The molecule has 4 nitrogen and oxygen atoms in total. The fraction of sp³-hybridized carbons (Fsp3) is 0.600. The minimum absolute atomic E-state index is 0.477. The van der Waals surface area contributed by atoms with Crippen molar-refractivity contribution in [1.29, 1.82) is 0 Å². The Kier molecular flexibility index (Phi) is 4.29. The van der Waals surface area contributed by atoms with Crippen LogP contribution in [0.25, 0.3) is 0 Å². The fourth-order valence-corrected chi connectivity index (χ4v) is 3.03. The average molecular weight is 304 g/mol. The third-order valence-electron chi connectivity index (χ3n) is 2.40. The molecule has 1 aliphatic heterocycles. The maximum atomic E-state index is 5.13. The number of aromatic nitrogens is 2. The first-order chi connectivity index (χ1) is 7.79. The number of rotatable bonds is 3. The van der Waals surface area contributed by atoms with Crippen LogP contribution >= 0.6 is 27.7 Å². The predicted octanol–water partition coefficient (Wildman–Crippen LogP) is 2.56. The van der Waals surface area contributed by atoms with Gasteiger partial charge in [0, 0.05) is 11.8 Å². The summed E-state index contributed by atoms with van der Waals surface area (Å²) in [6.45, 7) is 0. The zero-order chi connectivity index (χ0) is 11.4. The number of nitrogens with one attached hydrogen (secondary N) is 1. The van der Waals surface area contributed by atoms with Crippen molar-refractivity contribution in [3.63, 3.8) is 0 Å². The van der Waals surface area contributed by atoms with E-state index in [0.717, 1.165) is 10.2 Å². The van der Waals surface area contributed by atoms with E-state index < -0.39 is 0 Å². The van der Waals surface area contributed by atoms with E-state index in [-0.39, 0.29) is 0 Å². The van der Waals surface area contributed by atoms with Gasteiger partial charge >= 0.3 is 0 Å². The van der Waals surface area contributed by atoms with Crippen molar-refractivity contribution < 1.29 is 4.74 Å². The molecule has 1 aromatic rings.